The number of aliphatic carboxylic acids is 1. The fourth-order valence-electron chi connectivity index (χ4n) is 3.13. The number of hydrogen-bond acceptors (Lipinski definition) is 1. The van der Waals surface area contributed by atoms with Gasteiger partial charge in [-0.05, 0) is 66.7 Å². The highest BCUT2D eigenvalue weighted by molar-refractivity contribution is 6.31. The first-order chi connectivity index (χ1) is 8.65. The van der Waals surface area contributed by atoms with Gasteiger partial charge in [0.05, 0.1) is 6.42 Å². The van der Waals surface area contributed by atoms with E-state index in [1.807, 2.05) is 6.07 Å². The minimum absolute atomic E-state index is 0.158. The highest BCUT2D eigenvalue weighted by atomic mass is 35.5. The molecule has 0 spiro atoms. The summed E-state index contributed by atoms with van der Waals surface area (Å²) in [6.45, 7) is 0. The molecule has 2 aliphatic carbocycles. The molecule has 2 aliphatic rings. The van der Waals surface area contributed by atoms with Crippen molar-refractivity contribution in [3.8, 4) is 0 Å². The van der Waals surface area contributed by atoms with Crippen LogP contribution in [0.4, 0.5) is 0 Å². The highest BCUT2D eigenvalue weighted by Gasteiger charge is 2.34. The van der Waals surface area contributed by atoms with Gasteiger partial charge in [0.2, 0.25) is 0 Å². The van der Waals surface area contributed by atoms with Gasteiger partial charge < -0.3 is 5.11 Å². The summed E-state index contributed by atoms with van der Waals surface area (Å²) >= 11 is 6.33. The lowest BCUT2D eigenvalue weighted by Gasteiger charge is -2.16. The lowest BCUT2D eigenvalue weighted by molar-refractivity contribution is -0.137. The van der Waals surface area contributed by atoms with Crippen LogP contribution in [0, 0.1) is 5.92 Å². The van der Waals surface area contributed by atoms with Crippen molar-refractivity contribution in [1.82, 2.24) is 0 Å². The fraction of sp³-hybridized carbons (Fsp3) is 0.533. The van der Waals surface area contributed by atoms with Crippen molar-refractivity contribution in [1.29, 1.82) is 0 Å². The van der Waals surface area contributed by atoms with Crippen LogP contribution in [0.2, 0.25) is 5.02 Å². The second kappa shape index (κ2) is 4.58. The van der Waals surface area contributed by atoms with Crippen LogP contribution < -0.4 is 0 Å². The summed E-state index contributed by atoms with van der Waals surface area (Å²) in [5.74, 6) is 0.00559. The van der Waals surface area contributed by atoms with Crippen molar-refractivity contribution in [3.05, 3.63) is 33.8 Å². The second-order valence-corrected chi connectivity index (χ2v) is 5.94. The zero-order valence-electron chi connectivity index (χ0n) is 10.3. The minimum Gasteiger partial charge on any atom is -0.481 e. The first kappa shape index (κ1) is 12.0. The third-order valence-corrected chi connectivity index (χ3v) is 4.53. The standard InChI is InChI=1S/C15H17ClO2/c16-14-7-11(6-10-2-1-3-12(10)14)13(8-15(17)18)9-4-5-9/h6-7,9,13H,1-5,8H2,(H,17,18). The molecule has 1 aromatic carbocycles. The SMILES string of the molecule is O=C(O)CC(c1cc(Cl)c2c(c1)CCC2)C1CC1. The van der Waals surface area contributed by atoms with Crippen molar-refractivity contribution in [2.45, 2.75) is 44.4 Å². The molecule has 0 heterocycles. The Balaban J connectivity index is 1.94. The largest absolute Gasteiger partial charge is 0.481 e. The third-order valence-electron chi connectivity index (χ3n) is 4.20. The smallest absolute Gasteiger partial charge is 0.303 e. The normalized spacial score (nSPS) is 19.6. The predicted octanol–water partition coefficient (Wildman–Crippen LogP) is 3.80. The lowest BCUT2D eigenvalue weighted by Crippen LogP contribution is -2.09. The molecule has 2 nitrogen and oxygen atoms in total. The molecule has 0 amide bonds. The van der Waals surface area contributed by atoms with Crippen LogP contribution in [-0.2, 0) is 17.6 Å². The summed E-state index contributed by atoms with van der Waals surface area (Å²) in [6, 6.07) is 4.22. The van der Waals surface area contributed by atoms with E-state index in [4.69, 9.17) is 16.7 Å². The van der Waals surface area contributed by atoms with E-state index in [9.17, 15) is 4.79 Å². The topological polar surface area (TPSA) is 37.3 Å². The molecule has 0 saturated heterocycles. The molecule has 3 heteroatoms. The first-order valence-corrected chi connectivity index (χ1v) is 7.06. The number of hydrogen-bond donors (Lipinski definition) is 1. The summed E-state index contributed by atoms with van der Waals surface area (Å²) in [4.78, 5) is 11.0. The zero-order chi connectivity index (χ0) is 12.7. The Hall–Kier alpha value is -1.02. The molecular weight excluding hydrogens is 248 g/mol. The summed E-state index contributed by atoms with van der Waals surface area (Å²) in [6.07, 6.45) is 5.89. The molecule has 96 valence electrons. The van der Waals surface area contributed by atoms with Crippen molar-refractivity contribution in [3.63, 3.8) is 0 Å². The number of rotatable bonds is 4. The molecule has 0 bridgehead atoms. The van der Waals surface area contributed by atoms with Crippen LogP contribution in [0.3, 0.4) is 0 Å². The fourth-order valence-corrected chi connectivity index (χ4v) is 3.47. The maximum absolute atomic E-state index is 11.0. The van der Waals surface area contributed by atoms with E-state index in [1.165, 1.54) is 17.5 Å². The monoisotopic (exact) mass is 264 g/mol. The van der Waals surface area contributed by atoms with E-state index < -0.39 is 5.97 Å². The second-order valence-electron chi connectivity index (χ2n) is 5.54. The maximum atomic E-state index is 11.0. The van der Waals surface area contributed by atoms with Gasteiger partial charge in [0.1, 0.15) is 0 Å². The molecule has 0 aromatic heterocycles. The van der Waals surface area contributed by atoms with Gasteiger partial charge in [-0.1, -0.05) is 17.7 Å². The molecule has 1 aromatic rings. The van der Waals surface area contributed by atoms with Gasteiger partial charge in [0, 0.05) is 5.02 Å². The molecule has 0 aliphatic heterocycles. The van der Waals surface area contributed by atoms with Gasteiger partial charge in [0.15, 0.2) is 0 Å². The lowest BCUT2D eigenvalue weighted by atomic mass is 9.89. The summed E-state index contributed by atoms with van der Waals surface area (Å²) < 4.78 is 0. The van der Waals surface area contributed by atoms with Crippen LogP contribution in [0.5, 0.6) is 0 Å². The predicted molar refractivity (Wildman–Crippen MR) is 71.2 cm³/mol. The molecular formula is C15H17ClO2. The third kappa shape index (κ3) is 2.26. The Labute approximate surface area is 112 Å². The maximum Gasteiger partial charge on any atom is 0.303 e. The number of fused-ring (bicyclic) bond motifs is 1. The molecule has 1 atom stereocenters. The van der Waals surface area contributed by atoms with Crippen LogP contribution in [0.1, 0.15) is 48.3 Å². The van der Waals surface area contributed by atoms with Crippen LogP contribution in [0.25, 0.3) is 0 Å². The van der Waals surface area contributed by atoms with Gasteiger partial charge in [-0.25, -0.2) is 0 Å². The number of carboxylic acid groups (broad SMARTS) is 1. The summed E-state index contributed by atoms with van der Waals surface area (Å²) in [5.41, 5.74) is 3.77. The van der Waals surface area contributed by atoms with Gasteiger partial charge >= 0.3 is 5.97 Å². The highest BCUT2D eigenvalue weighted by Crippen LogP contribution is 2.46. The molecule has 3 rings (SSSR count). The van der Waals surface area contributed by atoms with E-state index in [1.54, 1.807) is 0 Å². The van der Waals surface area contributed by atoms with Crippen LogP contribution in [0.15, 0.2) is 12.1 Å². The van der Waals surface area contributed by atoms with Gasteiger partial charge in [0.25, 0.3) is 0 Å². The van der Waals surface area contributed by atoms with Gasteiger partial charge in [-0.15, -0.1) is 0 Å². The Morgan fingerprint density at radius 2 is 2.17 bits per heavy atom. The Bertz CT molecular complexity index is 492. The number of carboxylic acids is 1. The van der Waals surface area contributed by atoms with E-state index in [0.29, 0.717) is 5.92 Å². The summed E-state index contributed by atoms with van der Waals surface area (Å²) in [7, 11) is 0. The van der Waals surface area contributed by atoms with Crippen molar-refractivity contribution >= 4 is 17.6 Å². The minimum atomic E-state index is -0.705. The van der Waals surface area contributed by atoms with Crippen LogP contribution >= 0.6 is 11.6 Å². The number of aryl methyl sites for hydroxylation is 1. The molecule has 1 fully saturated rings. The van der Waals surface area contributed by atoms with Gasteiger partial charge in [-0.3, -0.25) is 4.79 Å². The Kier molecular flexibility index (Phi) is 3.06. The average molecular weight is 265 g/mol. The van der Waals surface area contributed by atoms with Crippen molar-refractivity contribution < 1.29 is 9.90 Å². The van der Waals surface area contributed by atoms with Crippen LogP contribution in [-0.4, -0.2) is 11.1 Å². The molecule has 18 heavy (non-hydrogen) atoms. The van der Waals surface area contributed by atoms with Gasteiger partial charge in [-0.2, -0.15) is 0 Å². The van der Waals surface area contributed by atoms with Crippen molar-refractivity contribution in [2.24, 2.45) is 5.92 Å². The van der Waals surface area contributed by atoms with E-state index in [-0.39, 0.29) is 12.3 Å². The number of halogens is 1. The summed E-state index contributed by atoms with van der Waals surface area (Å²) in [5, 5.41) is 9.90. The van der Waals surface area contributed by atoms with E-state index in [2.05, 4.69) is 6.07 Å². The molecule has 0 radical (unpaired) electrons. The number of carbonyl (C=O) groups is 1. The Morgan fingerprint density at radius 3 is 2.83 bits per heavy atom. The molecule has 1 N–H and O–H groups in total. The zero-order valence-corrected chi connectivity index (χ0v) is 11.0. The number of benzene rings is 1. The van der Waals surface area contributed by atoms with E-state index >= 15 is 0 Å². The van der Waals surface area contributed by atoms with E-state index in [0.717, 1.165) is 36.3 Å². The van der Waals surface area contributed by atoms with Crippen molar-refractivity contribution in [2.75, 3.05) is 0 Å². The average Bonchev–Trinajstić information content (AvgIpc) is 3.03. The first-order valence-electron chi connectivity index (χ1n) is 6.68. The molecule has 1 unspecified atom stereocenters. The quantitative estimate of drug-likeness (QED) is 0.898. The Morgan fingerprint density at radius 1 is 1.39 bits per heavy atom. The molecule has 1 saturated carbocycles.